The van der Waals surface area contributed by atoms with E-state index in [0.29, 0.717) is 16.3 Å². The average Bonchev–Trinajstić information content (AvgIpc) is 3.11. The Morgan fingerprint density at radius 2 is 1.88 bits per heavy atom. The van der Waals surface area contributed by atoms with Crippen molar-refractivity contribution < 1.29 is 32.5 Å². The number of aliphatic carboxylic acids is 1. The second-order valence-electron chi connectivity index (χ2n) is 6.88. The third-order valence-electron chi connectivity index (χ3n) is 3.86. The third-order valence-corrected chi connectivity index (χ3v) is 6.04. The molecule has 1 aromatic carbocycles. The van der Waals surface area contributed by atoms with Crippen molar-refractivity contribution in [3.63, 3.8) is 0 Å². The summed E-state index contributed by atoms with van der Waals surface area (Å²) in [6.07, 6.45) is -1.38. The number of nitrogens with two attached hydrogens (primary N) is 2. The normalized spacial score (nSPS) is 13.2. The summed E-state index contributed by atoms with van der Waals surface area (Å²) in [5.74, 6) is -1.16. The van der Waals surface area contributed by atoms with E-state index in [1.165, 1.54) is 47.4 Å². The maximum absolute atomic E-state index is 12.2. The van der Waals surface area contributed by atoms with E-state index >= 15 is 0 Å². The van der Waals surface area contributed by atoms with Crippen LogP contribution in [-0.4, -0.2) is 33.8 Å². The van der Waals surface area contributed by atoms with Gasteiger partial charge in [-0.05, 0) is 55.8 Å². The third kappa shape index (κ3) is 8.35. The average molecular weight is 490 g/mol. The quantitative estimate of drug-likeness (QED) is 0.256. The summed E-state index contributed by atoms with van der Waals surface area (Å²) < 4.78 is 45.5. The number of carbonyl (C=O) groups is 1. The molecule has 0 saturated carbocycles. The molecule has 0 aliphatic carbocycles. The highest BCUT2D eigenvalue weighted by atomic mass is 32.2. The van der Waals surface area contributed by atoms with Gasteiger partial charge in [0.1, 0.15) is 10.5 Å². The highest BCUT2D eigenvalue weighted by molar-refractivity contribution is 8.02. The molecule has 2 aromatic rings. The van der Waals surface area contributed by atoms with E-state index in [0.717, 1.165) is 17.8 Å². The zero-order valence-corrected chi connectivity index (χ0v) is 18.8. The molecule has 5 N–H and O–H groups in total. The summed E-state index contributed by atoms with van der Waals surface area (Å²) >= 11 is 2.53. The van der Waals surface area contributed by atoms with Crippen LogP contribution < -0.4 is 16.2 Å². The first-order valence-electron chi connectivity index (χ1n) is 9.14. The predicted octanol–water partition coefficient (Wildman–Crippen LogP) is 4.36. The van der Waals surface area contributed by atoms with Gasteiger partial charge < -0.3 is 26.0 Å². The summed E-state index contributed by atoms with van der Waals surface area (Å²) in [5.41, 5.74) is 13.2. The van der Waals surface area contributed by atoms with Gasteiger partial charge in [-0.15, -0.1) is 24.5 Å². The summed E-state index contributed by atoms with van der Waals surface area (Å²) in [4.78, 5) is 15.6. The lowest BCUT2D eigenvalue weighted by atomic mass is 10.1. The number of nitrogens with zero attached hydrogens (tertiary/aromatic N) is 1. The molecule has 2 rings (SSSR count). The number of ether oxygens (including phenoxy) is 2. The smallest absolute Gasteiger partial charge is 0.480 e. The summed E-state index contributed by atoms with van der Waals surface area (Å²) in [7, 11) is 0. The van der Waals surface area contributed by atoms with Crippen molar-refractivity contribution in [2.75, 3.05) is 6.61 Å². The van der Waals surface area contributed by atoms with Crippen molar-refractivity contribution in [2.24, 2.45) is 11.5 Å². The van der Waals surface area contributed by atoms with Crippen molar-refractivity contribution >= 4 is 34.8 Å². The van der Waals surface area contributed by atoms with Gasteiger partial charge in [-0.25, -0.2) is 4.98 Å². The number of hydrogen-bond donors (Lipinski definition) is 3. The van der Waals surface area contributed by atoms with Crippen LogP contribution in [-0.2, 0) is 16.0 Å². The number of carboxylic acids is 1. The number of benzene rings is 1. The topological polar surface area (TPSA) is 121 Å². The second kappa shape index (κ2) is 10.6. The molecule has 0 fully saturated rings. The first-order valence-corrected chi connectivity index (χ1v) is 10.8. The van der Waals surface area contributed by atoms with Crippen LogP contribution in [0.2, 0.25) is 0 Å². The van der Waals surface area contributed by atoms with Gasteiger partial charge in [0.2, 0.25) is 0 Å². The van der Waals surface area contributed by atoms with Gasteiger partial charge in [-0.1, -0.05) is 11.8 Å². The molecule has 0 radical (unpaired) electrons. The number of halogens is 3. The van der Waals surface area contributed by atoms with Gasteiger partial charge >= 0.3 is 12.3 Å². The summed E-state index contributed by atoms with van der Waals surface area (Å²) in [6.45, 7) is 3.47. The largest absolute Gasteiger partial charge is 0.573 e. The first-order chi connectivity index (χ1) is 14.9. The molecule has 1 aromatic heterocycles. The Kier molecular flexibility index (Phi) is 8.44. The summed E-state index contributed by atoms with van der Waals surface area (Å²) in [5, 5.41) is 11.0. The molecule has 0 aliphatic rings. The fourth-order valence-corrected chi connectivity index (χ4v) is 4.38. The number of allylic oxidation sites excluding steroid dienone is 2. The molecular formula is C20H22F3N3O4S2. The standard InChI is InChI=1S/C20H22F3N3O4S2/c1-19(2,17(27)28)32-18-26-13(11-31-18)9-10-29-16(25)8-7-15(24)12-3-5-14(6-4-12)30-20(21,22)23/h3-8,11H,9-10,24-25H2,1-2H3,(H,27,28)/b15-7-,16-8+. The van der Waals surface area contributed by atoms with Crippen molar-refractivity contribution in [3.05, 3.63) is 58.9 Å². The number of thiazole rings is 1. The molecule has 174 valence electrons. The Bertz CT molecular complexity index is 987. The van der Waals surface area contributed by atoms with E-state index in [1.54, 1.807) is 13.8 Å². The Morgan fingerprint density at radius 3 is 2.47 bits per heavy atom. The van der Waals surface area contributed by atoms with Crippen molar-refractivity contribution in [1.29, 1.82) is 0 Å². The van der Waals surface area contributed by atoms with Crippen LogP contribution in [0.1, 0.15) is 25.1 Å². The Morgan fingerprint density at radius 1 is 1.22 bits per heavy atom. The van der Waals surface area contributed by atoms with Crippen LogP contribution in [0.15, 0.2) is 52.0 Å². The molecular weight excluding hydrogens is 467 g/mol. The molecule has 32 heavy (non-hydrogen) atoms. The van der Waals surface area contributed by atoms with Gasteiger partial charge in [-0.2, -0.15) is 0 Å². The van der Waals surface area contributed by atoms with Gasteiger partial charge in [0.15, 0.2) is 10.2 Å². The number of carboxylic acid groups (broad SMARTS) is 1. The van der Waals surface area contributed by atoms with E-state index in [-0.39, 0.29) is 23.9 Å². The molecule has 0 unspecified atom stereocenters. The van der Waals surface area contributed by atoms with E-state index in [2.05, 4.69) is 9.72 Å². The van der Waals surface area contributed by atoms with Crippen LogP contribution in [0, 0.1) is 0 Å². The Labute approximate surface area is 190 Å². The minimum atomic E-state index is -4.76. The van der Waals surface area contributed by atoms with E-state index in [1.807, 2.05) is 5.38 Å². The number of rotatable bonds is 10. The molecule has 1 heterocycles. The lowest BCUT2D eigenvalue weighted by Crippen LogP contribution is -2.26. The van der Waals surface area contributed by atoms with Crippen LogP contribution in [0.4, 0.5) is 13.2 Å². The highest BCUT2D eigenvalue weighted by Gasteiger charge is 2.31. The van der Waals surface area contributed by atoms with E-state index in [9.17, 15) is 23.1 Å². The minimum absolute atomic E-state index is 0.0989. The van der Waals surface area contributed by atoms with Gasteiger partial charge in [0.05, 0.1) is 12.3 Å². The molecule has 7 nitrogen and oxygen atoms in total. The number of hydrogen-bond acceptors (Lipinski definition) is 8. The van der Waals surface area contributed by atoms with Gasteiger partial charge in [-0.3, -0.25) is 4.79 Å². The zero-order chi connectivity index (χ0) is 23.9. The Balaban J connectivity index is 1.85. The van der Waals surface area contributed by atoms with Crippen LogP contribution in [0.25, 0.3) is 5.70 Å². The maximum atomic E-state index is 12.2. The van der Waals surface area contributed by atoms with Crippen molar-refractivity contribution in [2.45, 2.75) is 35.7 Å². The SMILES string of the molecule is CC(C)(Sc1nc(CCO/C(N)=C/C=C(\N)c2ccc(OC(F)(F)F)cc2)cs1)C(=O)O. The van der Waals surface area contributed by atoms with Gasteiger partial charge in [0.25, 0.3) is 0 Å². The van der Waals surface area contributed by atoms with E-state index in [4.69, 9.17) is 16.2 Å². The second-order valence-corrected chi connectivity index (χ2v) is 9.61. The van der Waals surface area contributed by atoms with Crippen molar-refractivity contribution in [1.82, 2.24) is 4.98 Å². The van der Waals surface area contributed by atoms with Crippen LogP contribution in [0.3, 0.4) is 0 Å². The summed E-state index contributed by atoms with van der Waals surface area (Å²) in [6, 6.07) is 5.10. The lowest BCUT2D eigenvalue weighted by molar-refractivity contribution is -0.274. The van der Waals surface area contributed by atoms with E-state index < -0.39 is 17.1 Å². The van der Waals surface area contributed by atoms with Crippen LogP contribution >= 0.6 is 23.1 Å². The predicted molar refractivity (Wildman–Crippen MR) is 117 cm³/mol. The van der Waals surface area contributed by atoms with Crippen molar-refractivity contribution in [3.8, 4) is 5.75 Å². The van der Waals surface area contributed by atoms with Gasteiger partial charge in [0, 0.05) is 17.5 Å². The Hall–Kier alpha value is -2.86. The highest BCUT2D eigenvalue weighted by Crippen LogP contribution is 2.34. The molecule has 0 atom stereocenters. The molecule has 0 saturated heterocycles. The molecule has 0 spiro atoms. The first kappa shape index (κ1) is 25.4. The fraction of sp³-hybridized carbons (Fsp3) is 0.300. The number of alkyl halides is 3. The molecule has 0 amide bonds. The molecule has 0 bridgehead atoms. The molecule has 12 heteroatoms. The fourth-order valence-electron chi connectivity index (χ4n) is 2.15. The van der Waals surface area contributed by atoms with Crippen LogP contribution in [0.5, 0.6) is 5.75 Å². The number of thioether (sulfide) groups is 1. The monoisotopic (exact) mass is 489 g/mol. The zero-order valence-electron chi connectivity index (χ0n) is 17.2. The lowest BCUT2D eigenvalue weighted by Gasteiger charge is -2.15. The molecule has 0 aliphatic heterocycles. The maximum Gasteiger partial charge on any atom is 0.573 e. The minimum Gasteiger partial charge on any atom is -0.480 e. The number of aromatic nitrogens is 1.